The summed E-state index contributed by atoms with van der Waals surface area (Å²) in [6, 6.07) is 5.68. The second kappa shape index (κ2) is 4.78. The van der Waals surface area contributed by atoms with E-state index < -0.39 is 5.91 Å². The largest absolute Gasteiger partial charge is 0.364 e. The van der Waals surface area contributed by atoms with Gasteiger partial charge in [0.15, 0.2) is 0 Å². The summed E-state index contributed by atoms with van der Waals surface area (Å²) in [5.74, 6) is -0.522. The maximum Gasteiger partial charge on any atom is 0.267 e. The number of pyridine rings is 2. The van der Waals surface area contributed by atoms with Crippen molar-refractivity contribution in [3.05, 3.63) is 47.5 Å². The van der Waals surface area contributed by atoms with Gasteiger partial charge in [-0.05, 0) is 17.7 Å². The van der Waals surface area contributed by atoms with Gasteiger partial charge < -0.3 is 11.1 Å². The fraction of sp³-hybridized carbons (Fsp3) is 0.214. The molecule has 2 aromatic heterocycles. The van der Waals surface area contributed by atoms with Crippen molar-refractivity contribution < 1.29 is 4.79 Å². The fourth-order valence-electron chi connectivity index (χ4n) is 2.33. The molecule has 2 aromatic rings. The highest BCUT2D eigenvalue weighted by molar-refractivity contribution is 5.97. The van der Waals surface area contributed by atoms with Crippen LogP contribution in [-0.2, 0) is 13.0 Å². The molecule has 3 heterocycles. The van der Waals surface area contributed by atoms with Gasteiger partial charge >= 0.3 is 0 Å². The third kappa shape index (κ3) is 2.20. The molecule has 5 heteroatoms. The summed E-state index contributed by atoms with van der Waals surface area (Å²) in [5.41, 5.74) is 9.54. The highest BCUT2D eigenvalue weighted by atomic mass is 16.1. The van der Waals surface area contributed by atoms with Gasteiger partial charge in [-0.15, -0.1) is 0 Å². The SMILES string of the molecule is NC(=O)c1ncccc1-c1cnc2c(c1)CNCC2. The summed E-state index contributed by atoms with van der Waals surface area (Å²) < 4.78 is 0. The van der Waals surface area contributed by atoms with Crippen LogP contribution in [0.4, 0.5) is 0 Å². The van der Waals surface area contributed by atoms with E-state index in [1.54, 1.807) is 18.5 Å². The molecule has 1 aliphatic heterocycles. The maximum atomic E-state index is 11.4. The van der Waals surface area contributed by atoms with Crippen molar-refractivity contribution in [2.24, 2.45) is 5.73 Å². The minimum atomic E-state index is -0.522. The third-order valence-electron chi connectivity index (χ3n) is 3.27. The zero-order valence-electron chi connectivity index (χ0n) is 10.4. The van der Waals surface area contributed by atoms with Crippen LogP contribution in [0.15, 0.2) is 30.6 Å². The molecule has 0 atom stereocenters. The van der Waals surface area contributed by atoms with Crippen LogP contribution in [0.3, 0.4) is 0 Å². The highest BCUT2D eigenvalue weighted by Crippen LogP contribution is 2.24. The second-order valence-electron chi connectivity index (χ2n) is 4.52. The van der Waals surface area contributed by atoms with Crippen LogP contribution < -0.4 is 11.1 Å². The number of hydrogen-bond acceptors (Lipinski definition) is 4. The van der Waals surface area contributed by atoms with Gasteiger partial charge in [0.05, 0.1) is 0 Å². The number of nitrogens with two attached hydrogens (primary N) is 1. The van der Waals surface area contributed by atoms with Gasteiger partial charge in [0.25, 0.3) is 5.91 Å². The molecule has 0 saturated heterocycles. The number of nitrogens with zero attached hydrogens (tertiary/aromatic N) is 2. The van der Waals surface area contributed by atoms with Gasteiger partial charge in [0.1, 0.15) is 5.69 Å². The second-order valence-corrected chi connectivity index (χ2v) is 4.52. The number of aromatic nitrogens is 2. The van der Waals surface area contributed by atoms with Crippen molar-refractivity contribution in [3.63, 3.8) is 0 Å². The van der Waals surface area contributed by atoms with E-state index in [0.717, 1.165) is 36.3 Å². The molecule has 1 aliphatic rings. The van der Waals surface area contributed by atoms with E-state index in [-0.39, 0.29) is 5.69 Å². The first-order valence-electron chi connectivity index (χ1n) is 6.19. The molecule has 3 N–H and O–H groups in total. The first kappa shape index (κ1) is 11.8. The van der Waals surface area contributed by atoms with Gasteiger partial charge in [-0.25, -0.2) is 0 Å². The number of primary amides is 1. The summed E-state index contributed by atoms with van der Waals surface area (Å²) in [6.45, 7) is 1.76. The summed E-state index contributed by atoms with van der Waals surface area (Å²) in [6.07, 6.45) is 4.29. The Kier molecular flexibility index (Phi) is 2.97. The quantitative estimate of drug-likeness (QED) is 0.834. The molecule has 3 rings (SSSR count). The van der Waals surface area contributed by atoms with Gasteiger partial charge in [0, 0.05) is 48.7 Å². The molecule has 19 heavy (non-hydrogen) atoms. The molecule has 0 bridgehead atoms. The Labute approximate surface area is 110 Å². The van der Waals surface area contributed by atoms with Gasteiger partial charge in [-0.2, -0.15) is 0 Å². The van der Waals surface area contributed by atoms with E-state index in [9.17, 15) is 4.79 Å². The third-order valence-corrected chi connectivity index (χ3v) is 3.27. The van der Waals surface area contributed by atoms with Gasteiger partial charge in [-0.1, -0.05) is 6.07 Å². The minimum absolute atomic E-state index is 0.285. The summed E-state index contributed by atoms with van der Waals surface area (Å²) in [5, 5.41) is 3.31. The van der Waals surface area contributed by atoms with E-state index in [1.165, 1.54) is 5.56 Å². The summed E-state index contributed by atoms with van der Waals surface area (Å²) in [4.78, 5) is 19.9. The van der Waals surface area contributed by atoms with Crippen molar-refractivity contribution in [1.29, 1.82) is 0 Å². The smallest absolute Gasteiger partial charge is 0.267 e. The minimum Gasteiger partial charge on any atom is -0.364 e. The Morgan fingerprint density at radius 3 is 3.11 bits per heavy atom. The maximum absolute atomic E-state index is 11.4. The first-order valence-corrected chi connectivity index (χ1v) is 6.19. The average Bonchev–Trinajstić information content (AvgIpc) is 2.46. The first-order chi connectivity index (χ1) is 9.25. The molecule has 5 nitrogen and oxygen atoms in total. The van der Waals surface area contributed by atoms with Crippen LogP contribution >= 0.6 is 0 Å². The summed E-state index contributed by atoms with van der Waals surface area (Å²) in [7, 11) is 0. The van der Waals surface area contributed by atoms with Crippen molar-refractivity contribution in [3.8, 4) is 11.1 Å². The molecular formula is C14H14N4O. The van der Waals surface area contributed by atoms with Crippen molar-refractivity contribution in [2.45, 2.75) is 13.0 Å². The zero-order chi connectivity index (χ0) is 13.2. The molecule has 96 valence electrons. The molecule has 1 amide bonds. The van der Waals surface area contributed by atoms with Crippen LogP contribution in [-0.4, -0.2) is 22.4 Å². The lowest BCUT2D eigenvalue weighted by Gasteiger charge is -2.17. The van der Waals surface area contributed by atoms with E-state index in [4.69, 9.17) is 5.73 Å². The Morgan fingerprint density at radius 2 is 2.26 bits per heavy atom. The standard InChI is InChI=1S/C14H14N4O/c15-14(19)13-11(2-1-4-17-13)9-6-10-7-16-5-3-12(10)18-8-9/h1-2,4,6,8,16H,3,5,7H2,(H2,15,19). The van der Waals surface area contributed by atoms with Gasteiger partial charge in [-0.3, -0.25) is 14.8 Å². The molecule has 0 radical (unpaired) electrons. The Balaban J connectivity index is 2.10. The zero-order valence-corrected chi connectivity index (χ0v) is 10.4. The molecule has 0 aliphatic carbocycles. The number of amides is 1. The van der Waals surface area contributed by atoms with E-state index in [1.807, 2.05) is 6.07 Å². The average molecular weight is 254 g/mol. The molecule has 0 aromatic carbocycles. The molecule has 0 spiro atoms. The molecular weight excluding hydrogens is 240 g/mol. The van der Waals surface area contributed by atoms with Crippen LogP contribution in [0.25, 0.3) is 11.1 Å². The van der Waals surface area contributed by atoms with Crippen molar-refractivity contribution >= 4 is 5.91 Å². The molecule has 0 unspecified atom stereocenters. The van der Waals surface area contributed by atoms with Crippen molar-refractivity contribution in [1.82, 2.24) is 15.3 Å². The van der Waals surface area contributed by atoms with Gasteiger partial charge in [0.2, 0.25) is 0 Å². The summed E-state index contributed by atoms with van der Waals surface area (Å²) >= 11 is 0. The lowest BCUT2D eigenvalue weighted by molar-refractivity contribution is 0.0996. The fourth-order valence-corrected chi connectivity index (χ4v) is 2.33. The normalized spacial score (nSPS) is 13.9. The Hall–Kier alpha value is -2.27. The number of hydrogen-bond donors (Lipinski definition) is 2. The number of fused-ring (bicyclic) bond motifs is 1. The topological polar surface area (TPSA) is 80.9 Å². The van der Waals surface area contributed by atoms with Crippen LogP contribution in [0.1, 0.15) is 21.7 Å². The predicted octanol–water partition coefficient (Wildman–Crippen LogP) is 0.888. The van der Waals surface area contributed by atoms with Crippen LogP contribution in [0.2, 0.25) is 0 Å². The highest BCUT2D eigenvalue weighted by Gasteiger charge is 2.15. The van der Waals surface area contributed by atoms with Crippen LogP contribution in [0.5, 0.6) is 0 Å². The number of carbonyl (C=O) groups excluding carboxylic acids is 1. The molecule has 0 fully saturated rings. The predicted molar refractivity (Wildman–Crippen MR) is 71.4 cm³/mol. The monoisotopic (exact) mass is 254 g/mol. The lowest BCUT2D eigenvalue weighted by atomic mass is 10.00. The van der Waals surface area contributed by atoms with E-state index in [2.05, 4.69) is 21.4 Å². The lowest BCUT2D eigenvalue weighted by Crippen LogP contribution is -2.24. The Morgan fingerprint density at radius 1 is 1.37 bits per heavy atom. The number of nitrogens with one attached hydrogen (secondary N) is 1. The molecule has 0 saturated carbocycles. The number of rotatable bonds is 2. The van der Waals surface area contributed by atoms with Crippen LogP contribution in [0, 0.1) is 0 Å². The number of carbonyl (C=O) groups is 1. The van der Waals surface area contributed by atoms with E-state index >= 15 is 0 Å². The van der Waals surface area contributed by atoms with Crippen molar-refractivity contribution in [2.75, 3.05) is 6.54 Å². The Bertz CT molecular complexity index is 639. The van der Waals surface area contributed by atoms with E-state index in [0.29, 0.717) is 0 Å².